The first kappa shape index (κ1) is 13.5. The van der Waals surface area contributed by atoms with Gasteiger partial charge in [-0.25, -0.2) is 0 Å². The van der Waals surface area contributed by atoms with E-state index >= 15 is 0 Å². The van der Waals surface area contributed by atoms with Crippen LogP contribution in [0.4, 0.5) is 0 Å². The lowest BCUT2D eigenvalue weighted by atomic mass is 10.0. The molecule has 0 radical (unpaired) electrons. The molecule has 0 aromatic carbocycles. The van der Waals surface area contributed by atoms with Gasteiger partial charge in [0.15, 0.2) is 5.92 Å². The maximum Gasteiger partial charge on any atom is 0.320 e. The van der Waals surface area contributed by atoms with E-state index in [4.69, 9.17) is 14.7 Å². The van der Waals surface area contributed by atoms with Crippen molar-refractivity contribution in [3.63, 3.8) is 0 Å². The van der Waals surface area contributed by atoms with Gasteiger partial charge in [0.05, 0.1) is 19.3 Å². The average Bonchev–Trinajstić information content (AvgIpc) is 2.35. The fourth-order valence-electron chi connectivity index (χ4n) is 1.65. The van der Waals surface area contributed by atoms with E-state index in [1.807, 2.05) is 6.07 Å². The molecule has 1 aliphatic heterocycles. The lowest BCUT2D eigenvalue weighted by Crippen LogP contribution is -2.28. The molecule has 94 valence electrons. The monoisotopic (exact) mass is 239 g/mol. The lowest BCUT2D eigenvalue weighted by molar-refractivity contribution is -0.162. The molecule has 0 spiro atoms. The number of carbonyl (C=O) groups excluding carboxylic acids is 2. The quantitative estimate of drug-likeness (QED) is 0.540. The van der Waals surface area contributed by atoms with Gasteiger partial charge in [0.25, 0.3) is 0 Å². The third-order valence-electron chi connectivity index (χ3n) is 2.64. The molecule has 0 N–H and O–H groups in total. The van der Waals surface area contributed by atoms with E-state index in [9.17, 15) is 9.59 Å². The molecule has 17 heavy (non-hydrogen) atoms. The summed E-state index contributed by atoms with van der Waals surface area (Å²) < 4.78 is 10.0. The fourth-order valence-corrected chi connectivity index (χ4v) is 1.65. The molecular formula is C12H17NO4. The van der Waals surface area contributed by atoms with Gasteiger partial charge in [-0.3, -0.25) is 9.59 Å². The van der Waals surface area contributed by atoms with Gasteiger partial charge in [-0.2, -0.15) is 5.26 Å². The molecule has 0 saturated carbocycles. The third kappa shape index (κ3) is 4.85. The zero-order valence-corrected chi connectivity index (χ0v) is 9.81. The Bertz CT molecular complexity index is 286. The van der Waals surface area contributed by atoms with Crippen LogP contribution in [0.5, 0.6) is 0 Å². The molecule has 0 bridgehead atoms. The lowest BCUT2D eigenvalue weighted by Gasteiger charge is -2.13. The first-order valence-electron chi connectivity index (χ1n) is 5.96. The van der Waals surface area contributed by atoms with Crippen LogP contribution < -0.4 is 0 Å². The van der Waals surface area contributed by atoms with Gasteiger partial charge in [-0.15, -0.1) is 0 Å². The van der Waals surface area contributed by atoms with Crippen LogP contribution in [0.3, 0.4) is 0 Å². The van der Waals surface area contributed by atoms with Crippen LogP contribution in [0, 0.1) is 17.2 Å². The highest BCUT2D eigenvalue weighted by Gasteiger charge is 2.29. The summed E-state index contributed by atoms with van der Waals surface area (Å²) >= 11 is 0. The molecule has 1 fully saturated rings. The molecule has 0 unspecified atom stereocenters. The molecule has 5 heteroatoms. The Kier molecular flexibility index (Phi) is 6.08. The second-order valence-electron chi connectivity index (χ2n) is 4.00. The standard InChI is InChI=1S/C12H17NO4/c13-7-5-6-10-11(14)16-8-3-1-2-4-9-17-12(10)15/h10H,1-6,8-9H2. The van der Waals surface area contributed by atoms with E-state index in [0.29, 0.717) is 13.2 Å². The smallest absolute Gasteiger partial charge is 0.320 e. The average molecular weight is 239 g/mol. The largest absolute Gasteiger partial charge is 0.465 e. The summed E-state index contributed by atoms with van der Waals surface area (Å²) in [5, 5.41) is 8.49. The number of nitriles is 1. The molecule has 5 nitrogen and oxygen atoms in total. The van der Waals surface area contributed by atoms with Crippen LogP contribution in [0.2, 0.25) is 0 Å². The Balaban J connectivity index is 2.60. The van der Waals surface area contributed by atoms with Crippen molar-refractivity contribution in [3.8, 4) is 6.07 Å². The van der Waals surface area contributed by atoms with Gasteiger partial charge in [0.2, 0.25) is 0 Å². The van der Waals surface area contributed by atoms with E-state index in [-0.39, 0.29) is 12.8 Å². The molecule has 1 aliphatic rings. The SMILES string of the molecule is N#CCCC1C(=O)OCCCCCCOC1=O. The Morgan fingerprint density at radius 3 is 2.06 bits per heavy atom. The predicted molar refractivity (Wildman–Crippen MR) is 58.7 cm³/mol. The zero-order chi connectivity index (χ0) is 12.5. The van der Waals surface area contributed by atoms with Gasteiger partial charge in [0, 0.05) is 6.42 Å². The summed E-state index contributed by atoms with van der Waals surface area (Å²) in [4.78, 5) is 23.3. The number of ether oxygens (including phenoxy) is 2. The predicted octanol–water partition coefficient (Wildman–Crippen LogP) is 1.57. The topological polar surface area (TPSA) is 76.4 Å². The van der Waals surface area contributed by atoms with E-state index < -0.39 is 17.9 Å². The van der Waals surface area contributed by atoms with Crippen LogP contribution in [-0.4, -0.2) is 25.2 Å². The van der Waals surface area contributed by atoms with Crippen molar-refractivity contribution in [3.05, 3.63) is 0 Å². The van der Waals surface area contributed by atoms with E-state index in [0.717, 1.165) is 25.7 Å². The number of esters is 2. The minimum atomic E-state index is -0.937. The van der Waals surface area contributed by atoms with Crippen molar-refractivity contribution in [2.75, 3.05) is 13.2 Å². The van der Waals surface area contributed by atoms with Crippen LogP contribution in [-0.2, 0) is 19.1 Å². The van der Waals surface area contributed by atoms with Crippen molar-refractivity contribution in [2.45, 2.75) is 38.5 Å². The minimum absolute atomic E-state index is 0.148. The van der Waals surface area contributed by atoms with E-state index in [1.165, 1.54) is 0 Å². The number of hydrogen-bond donors (Lipinski definition) is 0. The maximum atomic E-state index is 11.6. The second-order valence-corrected chi connectivity index (χ2v) is 4.00. The Labute approximate surface area is 101 Å². The summed E-state index contributed by atoms with van der Waals surface area (Å²) in [5.74, 6) is -2.06. The van der Waals surface area contributed by atoms with Crippen LogP contribution >= 0.6 is 0 Å². The van der Waals surface area contributed by atoms with Crippen molar-refractivity contribution in [2.24, 2.45) is 5.92 Å². The van der Waals surface area contributed by atoms with Gasteiger partial charge in [-0.05, 0) is 32.1 Å². The summed E-state index contributed by atoms with van der Waals surface area (Å²) in [6.07, 6.45) is 3.88. The summed E-state index contributed by atoms with van der Waals surface area (Å²) in [6.45, 7) is 0.685. The molecular weight excluding hydrogens is 222 g/mol. The van der Waals surface area contributed by atoms with Crippen molar-refractivity contribution in [1.82, 2.24) is 0 Å². The van der Waals surface area contributed by atoms with Crippen molar-refractivity contribution >= 4 is 11.9 Å². The van der Waals surface area contributed by atoms with Gasteiger partial charge >= 0.3 is 11.9 Å². The highest BCUT2D eigenvalue weighted by Crippen LogP contribution is 2.13. The molecule has 1 heterocycles. The normalized spacial score (nSPS) is 19.7. The Hall–Kier alpha value is -1.57. The Morgan fingerprint density at radius 1 is 1.06 bits per heavy atom. The van der Waals surface area contributed by atoms with Crippen LogP contribution in [0.1, 0.15) is 38.5 Å². The van der Waals surface area contributed by atoms with Gasteiger partial charge < -0.3 is 9.47 Å². The molecule has 0 atom stereocenters. The van der Waals surface area contributed by atoms with E-state index in [2.05, 4.69) is 0 Å². The molecule has 0 aromatic heterocycles. The molecule has 1 saturated heterocycles. The zero-order valence-electron chi connectivity index (χ0n) is 9.81. The number of hydrogen-bond acceptors (Lipinski definition) is 5. The van der Waals surface area contributed by atoms with Crippen molar-refractivity contribution < 1.29 is 19.1 Å². The van der Waals surface area contributed by atoms with Gasteiger partial charge in [-0.1, -0.05) is 0 Å². The first-order chi connectivity index (χ1) is 8.25. The fraction of sp³-hybridized carbons (Fsp3) is 0.750. The molecule has 0 aromatic rings. The number of rotatable bonds is 2. The first-order valence-corrected chi connectivity index (χ1v) is 5.96. The second kappa shape index (κ2) is 7.66. The van der Waals surface area contributed by atoms with E-state index in [1.54, 1.807) is 0 Å². The molecule has 0 aliphatic carbocycles. The summed E-state index contributed by atoms with van der Waals surface area (Å²) in [7, 11) is 0. The van der Waals surface area contributed by atoms with Crippen LogP contribution in [0.25, 0.3) is 0 Å². The number of cyclic esters (lactones) is 2. The van der Waals surface area contributed by atoms with Crippen LogP contribution in [0.15, 0.2) is 0 Å². The maximum absolute atomic E-state index is 11.6. The molecule has 0 amide bonds. The minimum Gasteiger partial charge on any atom is -0.465 e. The van der Waals surface area contributed by atoms with Gasteiger partial charge in [0.1, 0.15) is 0 Å². The summed E-state index contributed by atoms with van der Waals surface area (Å²) in [6, 6.07) is 1.92. The Morgan fingerprint density at radius 2 is 1.59 bits per heavy atom. The highest BCUT2D eigenvalue weighted by molar-refractivity contribution is 5.94. The van der Waals surface area contributed by atoms with Crippen molar-refractivity contribution in [1.29, 1.82) is 5.26 Å². The highest BCUT2D eigenvalue weighted by atomic mass is 16.6. The number of nitrogens with zero attached hydrogens (tertiary/aromatic N) is 1. The number of carbonyl (C=O) groups is 2. The third-order valence-corrected chi connectivity index (χ3v) is 2.64. The summed E-state index contributed by atoms with van der Waals surface area (Å²) in [5.41, 5.74) is 0. The molecule has 1 rings (SSSR count).